The molecule has 3 heterocycles. The lowest BCUT2D eigenvalue weighted by atomic mass is 10.1. The summed E-state index contributed by atoms with van der Waals surface area (Å²) in [6.07, 6.45) is 5.18. The Morgan fingerprint density at radius 3 is 2.50 bits per heavy atom. The van der Waals surface area contributed by atoms with Crippen molar-refractivity contribution in [2.24, 2.45) is 0 Å². The number of nitrogens with zero attached hydrogens (tertiary/aromatic N) is 3. The molecule has 5 heteroatoms. The van der Waals surface area contributed by atoms with Gasteiger partial charge in [-0.3, -0.25) is 9.20 Å². The zero-order chi connectivity index (χ0) is 16.5. The van der Waals surface area contributed by atoms with Crippen LogP contribution in [0.25, 0.3) is 16.9 Å². The molecule has 0 saturated carbocycles. The van der Waals surface area contributed by atoms with E-state index in [1.54, 1.807) is 10.6 Å². The van der Waals surface area contributed by atoms with Gasteiger partial charge in [-0.15, -0.1) is 0 Å². The number of anilines is 1. The van der Waals surface area contributed by atoms with Crippen molar-refractivity contribution in [3.63, 3.8) is 0 Å². The minimum absolute atomic E-state index is 0.0750. The monoisotopic (exact) mass is 320 g/mol. The van der Waals surface area contributed by atoms with Crippen molar-refractivity contribution in [2.45, 2.75) is 19.3 Å². The van der Waals surface area contributed by atoms with E-state index in [-0.39, 0.29) is 5.91 Å². The van der Waals surface area contributed by atoms with E-state index in [2.05, 4.69) is 4.98 Å². The van der Waals surface area contributed by atoms with E-state index in [4.69, 9.17) is 5.73 Å². The van der Waals surface area contributed by atoms with Crippen LogP contribution in [-0.2, 0) is 0 Å². The molecule has 0 radical (unpaired) electrons. The number of nitrogens with two attached hydrogens (primary N) is 1. The van der Waals surface area contributed by atoms with Gasteiger partial charge >= 0.3 is 0 Å². The molecule has 122 valence electrons. The smallest absolute Gasteiger partial charge is 0.255 e. The van der Waals surface area contributed by atoms with Gasteiger partial charge in [-0.1, -0.05) is 30.3 Å². The molecule has 0 spiro atoms. The number of likely N-dealkylation sites (tertiary alicyclic amines) is 1. The number of benzene rings is 1. The first-order chi connectivity index (χ1) is 11.7. The average molecular weight is 320 g/mol. The number of rotatable bonds is 2. The quantitative estimate of drug-likeness (QED) is 0.788. The summed E-state index contributed by atoms with van der Waals surface area (Å²) < 4.78 is 1.81. The van der Waals surface area contributed by atoms with Gasteiger partial charge < -0.3 is 10.6 Å². The number of hydrogen-bond donors (Lipinski definition) is 1. The van der Waals surface area contributed by atoms with Gasteiger partial charge in [0.15, 0.2) is 0 Å². The normalized spacial score (nSPS) is 14.9. The molecule has 0 bridgehead atoms. The Morgan fingerprint density at radius 2 is 1.75 bits per heavy atom. The Balaban J connectivity index is 1.73. The van der Waals surface area contributed by atoms with Gasteiger partial charge in [-0.2, -0.15) is 0 Å². The summed E-state index contributed by atoms with van der Waals surface area (Å²) in [4.78, 5) is 19.2. The highest BCUT2D eigenvalue weighted by atomic mass is 16.2. The zero-order valence-electron chi connectivity index (χ0n) is 13.5. The number of carbonyl (C=O) groups is 1. The van der Waals surface area contributed by atoms with Crippen LogP contribution in [-0.4, -0.2) is 33.3 Å². The highest BCUT2D eigenvalue weighted by molar-refractivity contribution is 5.94. The number of carbonyl (C=O) groups excluding carboxylic acids is 1. The molecule has 0 unspecified atom stereocenters. The van der Waals surface area contributed by atoms with Crippen LogP contribution in [0.4, 0.5) is 5.82 Å². The molecule has 3 aromatic rings. The summed E-state index contributed by atoms with van der Waals surface area (Å²) in [6.45, 7) is 1.68. The molecule has 1 aliphatic rings. The van der Waals surface area contributed by atoms with E-state index in [1.165, 1.54) is 6.42 Å². The van der Waals surface area contributed by atoms with Crippen molar-refractivity contribution in [3.8, 4) is 11.3 Å². The van der Waals surface area contributed by atoms with Gasteiger partial charge in [0.05, 0.1) is 5.56 Å². The molecule has 1 aliphatic heterocycles. The topological polar surface area (TPSA) is 63.6 Å². The lowest BCUT2D eigenvalue weighted by molar-refractivity contribution is 0.0724. The van der Waals surface area contributed by atoms with Crippen LogP contribution in [0.1, 0.15) is 29.6 Å². The summed E-state index contributed by atoms with van der Waals surface area (Å²) in [7, 11) is 0. The van der Waals surface area contributed by atoms with Crippen LogP contribution < -0.4 is 5.73 Å². The van der Waals surface area contributed by atoms with E-state index >= 15 is 0 Å². The predicted octanol–water partition coefficient (Wildman–Crippen LogP) is 3.21. The summed E-state index contributed by atoms with van der Waals surface area (Å²) in [5, 5.41) is 0. The molecule has 0 aliphatic carbocycles. The zero-order valence-corrected chi connectivity index (χ0v) is 13.5. The first kappa shape index (κ1) is 14.8. The molecule has 1 saturated heterocycles. The number of pyridine rings is 1. The number of imidazole rings is 1. The number of piperidine rings is 1. The summed E-state index contributed by atoms with van der Waals surface area (Å²) >= 11 is 0. The summed E-state index contributed by atoms with van der Waals surface area (Å²) in [6, 6.07) is 13.6. The number of aromatic nitrogens is 2. The van der Waals surface area contributed by atoms with Crippen molar-refractivity contribution in [2.75, 3.05) is 18.8 Å². The maximum absolute atomic E-state index is 12.7. The first-order valence-corrected chi connectivity index (χ1v) is 8.36. The van der Waals surface area contributed by atoms with Gasteiger partial charge in [0, 0.05) is 24.8 Å². The van der Waals surface area contributed by atoms with E-state index in [1.807, 2.05) is 47.4 Å². The van der Waals surface area contributed by atoms with Crippen molar-refractivity contribution in [1.82, 2.24) is 14.3 Å². The van der Waals surface area contributed by atoms with Crippen LogP contribution in [0.5, 0.6) is 0 Å². The number of nitrogen functional groups attached to an aromatic ring is 1. The van der Waals surface area contributed by atoms with Crippen molar-refractivity contribution < 1.29 is 4.79 Å². The second-order valence-electron chi connectivity index (χ2n) is 6.21. The van der Waals surface area contributed by atoms with Gasteiger partial charge in [0.2, 0.25) is 0 Å². The van der Waals surface area contributed by atoms with Crippen LogP contribution in [0.2, 0.25) is 0 Å². The van der Waals surface area contributed by atoms with Crippen LogP contribution >= 0.6 is 0 Å². The Labute approximate surface area is 140 Å². The van der Waals surface area contributed by atoms with Gasteiger partial charge in [0.25, 0.3) is 5.91 Å². The Morgan fingerprint density at radius 1 is 1.00 bits per heavy atom. The molecule has 4 rings (SSSR count). The van der Waals surface area contributed by atoms with Crippen molar-refractivity contribution >= 4 is 17.4 Å². The van der Waals surface area contributed by atoms with Gasteiger partial charge in [-0.25, -0.2) is 4.98 Å². The number of amides is 1. The lowest BCUT2D eigenvalue weighted by Gasteiger charge is -2.26. The summed E-state index contributed by atoms with van der Waals surface area (Å²) in [5.41, 5.74) is 9.43. The third-order valence-corrected chi connectivity index (χ3v) is 4.59. The minimum atomic E-state index is 0.0750. The first-order valence-electron chi connectivity index (χ1n) is 8.36. The Kier molecular flexibility index (Phi) is 3.69. The van der Waals surface area contributed by atoms with E-state index in [0.717, 1.165) is 42.8 Å². The highest BCUT2D eigenvalue weighted by Gasteiger charge is 2.19. The predicted molar refractivity (Wildman–Crippen MR) is 94.8 cm³/mol. The van der Waals surface area contributed by atoms with Gasteiger partial charge in [0.1, 0.15) is 17.2 Å². The second kappa shape index (κ2) is 6.00. The molecule has 5 nitrogen and oxygen atoms in total. The van der Waals surface area contributed by atoms with Crippen molar-refractivity contribution in [3.05, 3.63) is 54.2 Å². The largest absolute Gasteiger partial charge is 0.383 e. The number of hydrogen-bond acceptors (Lipinski definition) is 3. The average Bonchev–Trinajstić information content (AvgIpc) is 2.99. The maximum atomic E-state index is 12.7. The molecule has 1 amide bonds. The fourth-order valence-corrected chi connectivity index (χ4v) is 3.28. The highest BCUT2D eigenvalue weighted by Crippen LogP contribution is 2.26. The maximum Gasteiger partial charge on any atom is 0.255 e. The molecule has 1 aromatic carbocycles. The van der Waals surface area contributed by atoms with Crippen molar-refractivity contribution in [1.29, 1.82) is 0 Å². The van der Waals surface area contributed by atoms with E-state index in [9.17, 15) is 4.79 Å². The lowest BCUT2D eigenvalue weighted by Crippen LogP contribution is -2.35. The SMILES string of the molecule is Nc1c(-c2ccccc2)nc2ccc(C(=O)N3CCCCC3)cn12. The van der Waals surface area contributed by atoms with Gasteiger partial charge in [-0.05, 0) is 31.4 Å². The fourth-order valence-electron chi connectivity index (χ4n) is 3.28. The number of fused-ring (bicyclic) bond motifs is 1. The standard InChI is InChI=1S/C19H20N4O/c20-18-17(14-7-3-1-4-8-14)21-16-10-9-15(13-23(16)18)19(24)22-11-5-2-6-12-22/h1,3-4,7-10,13H,2,5-6,11-12,20H2. The molecule has 2 aromatic heterocycles. The van der Waals surface area contributed by atoms with Crippen LogP contribution in [0.3, 0.4) is 0 Å². The Hall–Kier alpha value is -2.82. The van der Waals surface area contributed by atoms with Crippen LogP contribution in [0, 0.1) is 0 Å². The third kappa shape index (κ3) is 2.52. The van der Waals surface area contributed by atoms with E-state index in [0.29, 0.717) is 11.4 Å². The van der Waals surface area contributed by atoms with Crippen LogP contribution in [0.15, 0.2) is 48.7 Å². The Bertz CT molecular complexity index is 879. The summed E-state index contributed by atoms with van der Waals surface area (Å²) in [5.74, 6) is 0.635. The molecule has 1 fully saturated rings. The molecule has 24 heavy (non-hydrogen) atoms. The second-order valence-corrected chi connectivity index (χ2v) is 6.21. The molecular weight excluding hydrogens is 300 g/mol. The van der Waals surface area contributed by atoms with E-state index < -0.39 is 0 Å². The minimum Gasteiger partial charge on any atom is -0.383 e. The molecule has 2 N–H and O–H groups in total. The fraction of sp³-hybridized carbons (Fsp3) is 0.263. The molecular formula is C19H20N4O. The molecule has 0 atom stereocenters. The third-order valence-electron chi connectivity index (χ3n) is 4.59.